The largest absolute Gasteiger partial charge is 0.304 e. The Morgan fingerprint density at radius 1 is 1.35 bits per heavy atom. The van der Waals surface area contributed by atoms with Crippen LogP contribution in [0, 0.1) is 0 Å². The van der Waals surface area contributed by atoms with E-state index in [1.165, 1.54) is 0 Å². The Morgan fingerprint density at radius 2 is 2.00 bits per heavy atom. The monoisotopic (exact) mass is 290 g/mol. The summed E-state index contributed by atoms with van der Waals surface area (Å²) in [5, 5.41) is 1.35. The van der Waals surface area contributed by atoms with Gasteiger partial charge in [-0.3, -0.25) is 4.55 Å². The normalized spacial score (nSPS) is 12.5. The van der Waals surface area contributed by atoms with Gasteiger partial charge >= 0.3 is 10.1 Å². The van der Waals surface area contributed by atoms with Gasteiger partial charge in [0.1, 0.15) is 0 Å². The number of benzene rings is 1. The van der Waals surface area contributed by atoms with E-state index < -0.39 is 10.1 Å². The molecule has 0 unspecified atom stereocenters. The molecule has 3 nitrogen and oxygen atoms in total. The molecule has 2 rings (SSSR count). The molecule has 0 aliphatic carbocycles. The molecule has 6 heteroatoms. The van der Waals surface area contributed by atoms with Crippen molar-refractivity contribution in [3.8, 4) is 0 Å². The summed E-state index contributed by atoms with van der Waals surface area (Å²) in [6.07, 6.45) is 0. The van der Waals surface area contributed by atoms with Crippen molar-refractivity contribution in [2.24, 2.45) is 0 Å². The lowest BCUT2D eigenvalue weighted by molar-refractivity contribution is 0.484. The second kappa shape index (κ2) is 4.24. The minimum Gasteiger partial charge on any atom is -0.281 e. The predicted octanol–water partition coefficient (Wildman–Crippen LogP) is 3.92. The molecule has 0 saturated carbocycles. The molecule has 0 fully saturated rings. The number of hydrogen-bond acceptors (Lipinski definition) is 3. The third-order valence-electron chi connectivity index (χ3n) is 2.47. The minimum atomic E-state index is -4.18. The highest BCUT2D eigenvalue weighted by molar-refractivity contribution is 7.88. The molecule has 0 bridgehead atoms. The van der Waals surface area contributed by atoms with Crippen LogP contribution in [0.5, 0.6) is 0 Å². The number of thiophene rings is 1. The van der Waals surface area contributed by atoms with E-state index in [9.17, 15) is 13.0 Å². The van der Waals surface area contributed by atoms with Crippen molar-refractivity contribution < 1.29 is 13.0 Å². The zero-order chi connectivity index (χ0) is 12.8. The van der Waals surface area contributed by atoms with Gasteiger partial charge in [0.15, 0.2) is 4.21 Å². The molecule has 0 atom stereocenters. The molecule has 17 heavy (non-hydrogen) atoms. The van der Waals surface area contributed by atoms with Crippen LogP contribution in [0.25, 0.3) is 10.1 Å². The van der Waals surface area contributed by atoms with E-state index in [-0.39, 0.29) is 10.1 Å². The Balaban J connectivity index is 2.91. The van der Waals surface area contributed by atoms with Gasteiger partial charge in [0.25, 0.3) is 0 Å². The number of fused-ring (bicyclic) bond motifs is 1. The Labute approximate surface area is 109 Å². The van der Waals surface area contributed by atoms with Crippen LogP contribution in [0.1, 0.15) is 25.3 Å². The molecule has 1 aromatic carbocycles. The molecule has 0 amide bonds. The van der Waals surface area contributed by atoms with Crippen molar-refractivity contribution in [1.29, 1.82) is 0 Å². The quantitative estimate of drug-likeness (QED) is 0.853. The molecular weight excluding hydrogens is 280 g/mol. The van der Waals surface area contributed by atoms with E-state index in [4.69, 9.17) is 11.6 Å². The van der Waals surface area contributed by atoms with Crippen molar-refractivity contribution in [2.45, 2.75) is 24.0 Å². The van der Waals surface area contributed by atoms with Gasteiger partial charge in [-0.2, -0.15) is 8.42 Å². The Bertz CT molecular complexity index is 671. The highest BCUT2D eigenvalue weighted by Gasteiger charge is 2.23. The molecule has 1 N–H and O–H groups in total. The average molecular weight is 291 g/mol. The summed E-state index contributed by atoms with van der Waals surface area (Å²) in [5.41, 5.74) is 0.634. The molecule has 92 valence electrons. The fourth-order valence-electron chi connectivity index (χ4n) is 1.80. The van der Waals surface area contributed by atoms with Gasteiger partial charge in [-0.15, -0.1) is 11.3 Å². The molecule has 2 aromatic rings. The van der Waals surface area contributed by atoms with Crippen molar-refractivity contribution in [2.75, 3.05) is 0 Å². The molecule has 0 spiro atoms. The maximum Gasteiger partial charge on any atom is 0.304 e. The summed E-state index contributed by atoms with van der Waals surface area (Å²) in [6, 6.07) is 5.21. The molecule has 0 aliphatic rings. The van der Waals surface area contributed by atoms with Gasteiger partial charge in [-0.25, -0.2) is 0 Å². The SMILES string of the molecule is CC(C)c1c(S(=O)(=O)O)sc2ccc(Cl)cc12. The molecular formula is C11H11ClO3S2. The van der Waals surface area contributed by atoms with Gasteiger partial charge < -0.3 is 0 Å². The fraction of sp³-hybridized carbons (Fsp3) is 0.273. The summed E-state index contributed by atoms with van der Waals surface area (Å²) < 4.78 is 32.8. The number of rotatable bonds is 2. The topological polar surface area (TPSA) is 54.4 Å². The Hall–Kier alpha value is -0.620. The van der Waals surface area contributed by atoms with Crippen LogP contribution < -0.4 is 0 Å². The van der Waals surface area contributed by atoms with Crippen LogP contribution >= 0.6 is 22.9 Å². The molecule has 1 heterocycles. The van der Waals surface area contributed by atoms with Crippen molar-refractivity contribution >= 4 is 43.1 Å². The average Bonchev–Trinajstić information content (AvgIpc) is 2.55. The Kier molecular flexibility index (Phi) is 3.20. The molecule has 0 aliphatic heterocycles. The first-order valence-corrected chi connectivity index (χ1v) is 7.63. The second-order valence-electron chi connectivity index (χ2n) is 4.07. The first-order valence-electron chi connectivity index (χ1n) is 5.00. The zero-order valence-electron chi connectivity index (χ0n) is 9.27. The van der Waals surface area contributed by atoms with Crippen LogP contribution in [0.4, 0.5) is 0 Å². The van der Waals surface area contributed by atoms with Crippen LogP contribution in [-0.2, 0) is 10.1 Å². The lowest BCUT2D eigenvalue weighted by Gasteiger charge is -2.06. The summed E-state index contributed by atoms with van der Waals surface area (Å²) in [4.78, 5) is 0. The summed E-state index contributed by atoms with van der Waals surface area (Å²) in [6.45, 7) is 3.77. The number of halogens is 1. The van der Waals surface area contributed by atoms with E-state index in [0.29, 0.717) is 10.6 Å². The lowest BCUT2D eigenvalue weighted by atomic mass is 10.0. The van der Waals surface area contributed by atoms with E-state index in [0.717, 1.165) is 21.4 Å². The number of hydrogen-bond donors (Lipinski definition) is 1. The van der Waals surface area contributed by atoms with E-state index in [1.807, 2.05) is 13.8 Å². The second-order valence-corrected chi connectivity index (χ2v) is 7.18. The zero-order valence-corrected chi connectivity index (χ0v) is 11.7. The van der Waals surface area contributed by atoms with Gasteiger partial charge in [-0.05, 0) is 35.1 Å². The van der Waals surface area contributed by atoms with Gasteiger partial charge in [0, 0.05) is 9.72 Å². The maximum atomic E-state index is 11.3. The molecule has 1 aromatic heterocycles. The molecule has 0 radical (unpaired) electrons. The van der Waals surface area contributed by atoms with Crippen molar-refractivity contribution in [3.63, 3.8) is 0 Å². The van der Waals surface area contributed by atoms with Crippen molar-refractivity contribution in [3.05, 3.63) is 28.8 Å². The highest BCUT2D eigenvalue weighted by atomic mass is 35.5. The van der Waals surface area contributed by atoms with Crippen molar-refractivity contribution in [1.82, 2.24) is 0 Å². The van der Waals surface area contributed by atoms with Crippen LogP contribution in [0.3, 0.4) is 0 Å². The Morgan fingerprint density at radius 3 is 2.53 bits per heavy atom. The first kappa shape index (κ1) is 12.8. The summed E-state index contributed by atoms with van der Waals surface area (Å²) in [5.74, 6) is -0.000795. The van der Waals surface area contributed by atoms with Gasteiger partial charge in [-0.1, -0.05) is 25.4 Å². The van der Waals surface area contributed by atoms with Gasteiger partial charge in [0.2, 0.25) is 0 Å². The van der Waals surface area contributed by atoms with Crippen LogP contribution in [0.2, 0.25) is 5.02 Å². The van der Waals surface area contributed by atoms with E-state index in [2.05, 4.69) is 0 Å². The smallest absolute Gasteiger partial charge is 0.281 e. The maximum absolute atomic E-state index is 11.3. The van der Waals surface area contributed by atoms with E-state index in [1.54, 1.807) is 18.2 Å². The van der Waals surface area contributed by atoms with E-state index >= 15 is 0 Å². The third kappa shape index (κ3) is 2.33. The summed E-state index contributed by atoms with van der Waals surface area (Å²) in [7, 11) is -4.18. The minimum absolute atomic E-state index is 0.000795. The lowest BCUT2D eigenvalue weighted by Crippen LogP contribution is -2.00. The third-order valence-corrected chi connectivity index (χ3v) is 5.25. The van der Waals surface area contributed by atoms with Crippen LogP contribution in [-0.4, -0.2) is 13.0 Å². The highest BCUT2D eigenvalue weighted by Crippen LogP contribution is 2.39. The van der Waals surface area contributed by atoms with Gasteiger partial charge in [0.05, 0.1) is 0 Å². The first-order chi connectivity index (χ1) is 7.80. The predicted molar refractivity (Wildman–Crippen MR) is 70.7 cm³/mol. The fourth-order valence-corrected chi connectivity index (χ4v) is 4.36. The molecule has 0 saturated heterocycles. The van der Waals surface area contributed by atoms with Crippen LogP contribution in [0.15, 0.2) is 22.4 Å². The summed E-state index contributed by atoms with van der Waals surface area (Å²) >= 11 is 6.98. The standard InChI is InChI=1S/C11H11ClO3S2/c1-6(2)10-8-5-7(12)3-4-9(8)16-11(10)17(13,14)15/h3-6H,1-2H3,(H,13,14,15).